The van der Waals surface area contributed by atoms with E-state index in [4.69, 9.17) is 0 Å². The number of fused-ring (bicyclic) bond motifs is 1. The SMILES string of the molecule is CCN(C(=O)c1nc(C(=O)NC(C)(C)C)c2n1CCCC2)c1ccccc1. The number of rotatable bonds is 4. The smallest absolute Gasteiger partial charge is 0.294 e. The molecular weight excluding hydrogens is 340 g/mol. The number of imidazole rings is 1. The van der Waals surface area contributed by atoms with Gasteiger partial charge < -0.3 is 14.8 Å². The molecule has 0 bridgehead atoms. The lowest BCUT2D eigenvalue weighted by Gasteiger charge is -2.23. The number of amides is 2. The van der Waals surface area contributed by atoms with Crippen molar-refractivity contribution in [2.24, 2.45) is 0 Å². The zero-order valence-electron chi connectivity index (χ0n) is 16.6. The fourth-order valence-electron chi connectivity index (χ4n) is 3.46. The molecule has 144 valence electrons. The molecule has 1 aromatic carbocycles. The van der Waals surface area contributed by atoms with Gasteiger partial charge in [-0.3, -0.25) is 9.59 Å². The van der Waals surface area contributed by atoms with Gasteiger partial charge >= 0.3 is 0 Å². The van der Waals surface area contributed by atoms with Crippen molar-refractivity contribution in [3.8, 4) is 0 Å². The fraction of sp³-hybridized carbons (Fsp3) is 0.476. The van der Waals surface area contributed by atoms with E-state index in [0.717, 1.165) is 37.2 Å². The van der Waals surface area contributed by atoms with Gasteiger partial charge in [0.05, 0.1) is 5.69 Å². The van der Waals surface area contributed by atoms with Gasteiger partial charge in [-0.2, -0.15) is 0 Å². The van der Waals surface area contributed by atoms with E-state index in [9.17, 15) is 9.59 Å². The van der Waals surface area contributed by atoms with Gasteiger partial charge in [-0.05, 0) is 59.1 Å². The molecule has 2 heterocycles. The van der Waals surface area contributed by atoms with E-state index in [0.29, 0.717) is 18.1 Å². The third kappa shape index (κ3) is 4.04. The Labute approximate surface area is 160 Å². The van der Waals surface area contributed by atoms with Crippen LogP contribution in [0.15, 0.2) is 30.3 Å². The first-order chi connectivity index (χ1) is 12.8. The van der Waals surface area contributed by atoms with E-state index in [-0.39, 0.29) is 17.4 Å². The molecule has 27 heavy (non-hydrogen) atoms. The molecule has 1 aliphatic rings. The molecule has 0 atom stereocenters. The quantitative estimate of drug-likeness (QED) is 0.899. The summed E-state index contributed by atoms with van der Waals surface area (Å²) in [6.45, 7) is 9.01. The number of nitrogens with one attached hydrogen (secondary N) is 1. The predicted octanol–water partition coefficient (Wildman–Crippen LogP) is 3.41. The standard InChI is InChI=1S/C21H28N4O2/c1-5-24(15-11-7-6-8-12-15)20(27)18-22-17(19(26)23-21(2,3)4)16-13-9-10-14-25(16)18/h6-8,11-12H,5,9-10,13-14H2,1-4H3,(H,23,26). The first kappa shape index (κ1) is 19.1. The largest absolute Gasteiger partial charge is 0.346 e. The Morgan fingerprint density at radius 3 is 2.52 bits per heavy atom. The minimum Gasteiger partial charge on any atom is -0.346 e. The van der Waals surface area contributed by atoms with Gasteiger partial charge in [-0.25, -0.2) is 4.98 Å². The lowest BCUT2D eigenvalue weighted by molar-refractivity contribution is 0.0913. The number of anilines is 1. The van der Waals surface area contributed by atoms with Crippen LogP contribution in [0.5, 0.6) is 0 Å². The molecule has 0 saturated heterocycles. The van der Waals surface area contributed by atoms with E-state index < -0.39 is 0 Å². The molecule has 2 aromatic rings. The number of aromatic nitrogens is 2. The normalized spacial score (nSPS) is 13.8. The molecule has 0 saturated carbocycles. The second-order valence-corrected chi connectivity index (χ2v) is 7.93. The fourth-order valence-corrected chi connectivity index (χ4v) is 3.46. The number of hydrogen-bond acceptors (Lipinski definition) is 3. The van der Waals surface area contributed by atoms with Crippen molar-refractivity contribution < 1.29 is 9.59 Å². The highest BCUT2D eigenvalue weighted by molar-refractivity contribution is 6.05. The third-order valence-electron chi connectivity index (χ3n) is 4.64. The van der Waals surface area contributed by atoms with E-state index in [2.05, 4.69) is 10.3 Å². The molecule has 6 heteroatoms. The monoisotopic (exact) mass is 368 g/mol. The summed E-state index contributed by atoms with van der Waals surface area (Å²) >= 11 is 0. The molecule has 1 N–H and O–H groups in total. The van der Waals surface area contributed by atoms with Gasteiger partial charge in [-0.15, -0.1) is 0 Å². The van der Waals surface area contributed by atoms with Crippen molar-refractivity contribution in [2.45, 2.75) is 59.0 Å². The molecule has 0 radical (unpaired) electrons. The van der Waals surface area contributed by atoms with Crippen LogP contribution in [0.2, 0.25) is 0 Å². The van der Waals surface area contributed by atoms with Crippen molar-refractivity contribution in [2.75, 3.05) is 11.4 Å². The van der Waals surface area contributed by atoms with Crippen LogP contribution in [0.3, 0.4) is 0 Å². The van der Waals surface area contributed by atoms with E-state index in [1.807, 2.05) is 62.6 Å². The second kappa shape index (κ2) is 7.55. The number of hydrogen-bond donors (Lipinski definition) is 1. The molecule has 6 nitrogen and oxygen atoms in total. The van der Waals surface area contributed by atoms with Crippen LogP contribution in [0, 0.1) is 0 Å². The van der Waals surface area contributed by atoms with Crippen molar-refractivity contribution in [1.82, 2.24) is 14.9 Å². The average Bonchev–Trinajstić information content (AvgIpc) is 3.01. The highest BCUT2D eigenvalue weighted by Gasteiger charge is 2.31. The number of para-hydroxylation sites is 1. The Balaban J connectivity index is 2.00. The van der Waals surface area contributed by atoms with Gasteiger partial charge in [-0.1, -0.05) is 18.2 Å². The van der Waals surface area contributed by atoms with E-state index >= 15 is 0 Å². The first-order valence-electron chi connectivity index (χ1n) is 9.60. The van der Waals surface area contributed by atoms with Crippen LogP contribution in [-0.2, 0) is 13.0 Å². The summed E-state index contributed by atoms with van der Waals surface area (Å²) in [5.74, 6) is -0.0221. The van der Waals surface area contributed by atoms with Gasteiger partial charge in [0.15, 0.2) is 0 Å². The van der Waals surface area contributed by atoms with Crippen molar-refractivity contribution in [3.05, 3.63) is 47.5 Å². The van der Waals surface area contributed by atoms with E-state index in [1.54, 1.807) is 4.90 Å². The van der Waals surface area contributed by atoms with Crippen molar-refractivity contribution >= 4 is 17.5 Å². The Hall–Kier alpha value is -2.63. The first-order valence-corrected chi connectivity index (χ1v) is 9.60. The third-order valence-corrected chi connectivity index (χ3v) is 4.64. The molecule has 0 aliphatic carbocycles. The Morgan fingerprint density at radius 2 is 1.89 bits per heavy atom. The summed E-state index contributed by atoms with van der Waals surface area (Å²) < 4.78 is 1.94. The minimum atomic E-state index is -0.355. The van der Waals surface area contributed by atoms with Gasteiger partial charge in [0, 0.05) is 24.3 Å². The minimum absolute atomic E-state index is 0.165. The van der Waals surface area contributed by atoms with Crippen LogP contribution >= 0.6 is 0 Å². The van der Waals surface area contributed by atoms with Crippen molar-refractivity contribution in [1.29, 1.82) is 0 Å². The van der Waals surface area contributed by atoms with Crippen LogP contribution < -0.4 is 10.2 Å². The summed E-state index contributed by atoms with van der Waals surface area (Å²) in [4.78, 5) is 32.3. The summed E-state index contributed by atoms with van der Waals surface area (Å²) in [7, 11) is 0. The van der Waals surface area contributed by atoms with E-state index in [1.165, 1.54) is 0 Å². The summed E-state index contributed by atoms with van der Waals surface area (Å²) in [6, 6.07) is 9.57. The molecule has 0 fully saturated rings. The summed E-state index contributed by atoms with van der Waals surface area (Å²) in [5, 5.41) is 2.97. The topological polar surface area (TPSA) is 67.2 Å². The van der Waals surface area contributed by atoms with Crippen LogP contribution in [0.25, 0.3) is 0 Å². The molecule has 0 unspecified atom stereocenters. The Morgan fingerprint density at radius 1 is 1.19 bits per heavy atom. The highest BCUT2D eigenvalue weighted by Crippen LogP contribution is 2.24. The molecule has 0 spiro atoms. The predicted molar refractivity (Wildman–Crippen MR) is 106 cm³/mol. The Bertz CT molecular complexity index is 834. The zero-order chi connectivity index (χ0) is 19.6. The Kier molecular flexibility index (Phi) is 5.35. The lowest BCUT2D eigenvalue weighted by atomic mass is 10.1. The van der Waals surface area contributed by atoms with Gasteiger partial charge in [0.2, 0.25) is 5.82 Å². The van der Waals surface area contributed by atoms with Crippen LogP contribution in [0.1, 0.15) is 67.3 Å². The number of carbonyl (C=O) groups is 2. The van der Waals surface area contributed by atoms with Gasteiger partial charge in [0.1, 0.15) is 5.69 Å². The maximum atomic E-state index is 13.3. The zero-order valence-corrected chi connectivity index (χ0v) is 16.6. The number of nitrogens with zero attached hydrogens (tertiary/aromatic N) is 3. The van der Waals surface area contributed by atoms with Crippen LogP contribution in [-0.4, -0.2) is 33.4 Å². The summed E-state index contributed by atoms with van der Waals surface area (Å²) in [5.41, 5.74) is 1.73. The van der Waals surface area contributed by atoms with Crippen LogP contribution in [0.4, 0.5) is 5.69 Å². The molecule has 3 rings (SSSR count). The maximum Gasteiger partial charge on any atom is 0.294 e. The molecular formula is C21H28N4O2. The lowest BCUT2D eigenvalue weighted by Crippen LogP contribution is -2.41. The van der Waals surface area contributed by atoms with Crippen molar-refractivity contribution in [3.63, 3.8) is 0 Å². The number of carbonyl (C=O) groups excluding carboxylic acids is 2. The second-order valence-electron chi connectivity index (χ2n) is 7.93. The summed E-state index contributed by atoms with van der Waals surface area (Å²) in [6.07, 6.45) is 2.76. The maximum absolute atomic E-state index is 13.3. The molecule has 2 amide bonds. The van der Waals surface area contributed by atoms with Gasteiger partial charge in [0.25, 0.3) is 11.8 Å². The molecule has 1 aliphatic heterocycles. The average molecular weight is 368 g/mol. The number of benzene rings is 1. The molecule has 1 aromatic heterocycles. The highest BCUT2D eigenvalue weighted by atomic mass is 16.2.